The van der Waals surface area contributed by atoms with Gasteiger partial charge in [-0.25, -0.2) is 9.59 Å². The molecule has 1 aromatic carbocycles. The maximum atomic E-state index is 11.4. The van der Waals surface area contributed by atoms with Crippen molar-refractivity contribution in [1.29, 1.82) is 0 Å². The number of esters is 1. The monoisotopic (exact) mass is 266 g/mol. The SMILES string of the molecule is COC(=O)c1ccc(O[C@@H](C)C(=O)NC(N)=O)cc1. The van der Waals surface area contributed by atoms with E-state index in [-0.39, 0.29) is 0 Å². The second-order valence-electron chi connectivity index (χ2n) is 3.63. The Bertz CT molecular complexity index is 483. The number of methoxy groups -OCH3 is 1. The van der Waals surface area contributed by atoms with Gasteiger partial charge in [-0.15, -0.1) is 0 Å². The maximum Gasteiger partial charge on any atom is 0.337 e. The van der Waals surface area contributed by atoms with Crippen LogP contribution in [0.3, 0.4) is 0 Å². The molecule has 0 aliphatic carbocycles. The molecular formula is C12H14N2O5. The fourth-order valence-corrected chi connectivity index (χ4v) is 1.27. The van der Waals surface area contributed by atoms with Crippen LogP contribution in [0.5, 0.6) is 5.75 Å². The van der Waals surface area contributed by atoms with Crippen LogP contribution in [-0.2, 0) is 9.53 Å². The third-order valence-electron chi connectivity index (χ3n) is 2.20. The molecule has 0 aliphatic heterocycles. The first-order valence-electron chi connectivity index (χ1n) is 5.39. The fourth-order valence-electron chi connectivity index (χ4n) is 1.27. The summed E-state index contributed by atoms with van der Waals surface area (Å²) in [4.78, 5) is 33.1. The molecule has 0 aromatic heterocycles. The molecule has 1 rings (SSSR count). The molecule has 0 unspecified atom stereocenters. The van der Waals surface area contributed by atoms with Crippen LogP contribution in [0.25, 0.3) is 0 Å². The van der Waals surface area contributed by atoms with Gasteiger partial charge in [0.15, 0.2) is 6.10 Å². The summed E-state index contributed by atoms with van der Waals surface area (Å²) in [7, 11) is 1.28. The van der Waals surface area contributed by atoms with Crippen LogP contribution in [0.15, 0.2) is 24.3 Å². The van der Waals surface area contributed by atoms with E-state index >= 15 is 0 Å². The summed E-state index contributed by atoms with van der Waals surface area (Å²) >= 11 is 0. The largest absolute Gasteiger partial charge is 0.481 e. The normalized spacial score (nSPS) is 11.3. The van der Waals surface area contributed by atoms with E-state index in [0.29, 0.717) is 11.3 Å². The molecule has 3 amide bonds. The number of hydrogen-bond acceptors (Lipinski definition) is 5. The number of hydrogen-bond donors (Lipinski definition) is 2. The van der Waals surface area contributed by atoms with E-state index in [2.05, 4.69) is 4.74 Å². The van der Waals surface area contributed by atoms with E-state index in [1.54, 1.807) is 0 Å². The van der Waals surface area contributed by atoms with Gasteiger partial charge in [-0.05, 0) is 31.2 Å². The number of amides is 3. The smallest absolute Gasteiger partial charge is 0.337 e. The van der Waals surface area contributed by atoms with Gasteiger partial charge >= 0.3 is 12.0 Å². The molecule has 0 fully saturated rings. The molecule has 3 N–H and O–H groups in total. The fraction of sp³-hybridized carbons (Fsp3) is 0.250. The number of benzene rings is 1. The molecule has 7 nitrogen and oxygen atoms in total. The van der Waals surface area contributed by atoms with Gasteiger partial charge in [0.25, 0.3) is 5.91 Å². The number of nitrogens with one attached hydrogen (secondary N) is 1. The Hall–Kier alpha value is -2.57. The average molecular weight is 266 g/mol. The lowest BCUT2D eigenvalue weighted by atomic mass is 10.2. The van der Waals surface area contributed by atoms with Crippen LogP contribution in [0.4, 0.5) is 4.79 Å². The molecule has 0 aliphatic rings. The summed E-state index contributed by atoms with van der Waals surface area (Å²) in [5, 5.41) is 1.90. The first kappa shape index (κ1) is 14.5. The van der Waals surface area contributed by atoms with Gasteiger partial charge in [-0.2, -0.15) is 0 Å². The first-order valence-corrected chi connectivity index (χ1v) is 5.39. The lowest BCUT2D eigenvalue weighted by molar-refractivity contribution is -0.126. The molecule has 0 saturated heterocycles. The highest BCUT2D eigenvalue weighted by Gasteiger charge is 2.16. The van der Waals surface area contributed by atoms with Crippen LogP contribution >= 0.6 is 0 Å². The molecule has 0 saturated carbocycles. The highest BCUT2D eigenvalue weighted by molar-refractivity contribution is 5.95. The second-order valence-corrected chi connectivity index (χ2v) is 3.63. The number of carbonyl (C=O) groups excluding carboxylic acids is 3. The van der Waals surface area contributed by atoms with Crippen LogP contribution in [0.1, 0.15) is 17.3 Å². The third-order valence-corrected chi connectivity index (χ3v) is 2.20. The molecule has 0 heterocycles. The van der Waals surface area contributed by atoms with E-state index < -0.39 is 24.0 Å². The number of rotatable bonds is 4. The van der Waals surface area contributed by atoms with Crippen molar-refractivity contribution < 1.29 is 23.9 Å². The zero-order valence-corrected chi connectivity index (χ0v) is 10.5. The Morgan fingerprint density at radius 3 is 2.26 bits per heavy atom. The first-order chi connectivity index (χ1) is 8.93. The number of ether oxygens (including phenoxy) is 2. The van der Waals surface area contributed by atoms with E-state index in [4.69, 9.17) is 10.5 Å². The van der Waals surface area contributed by atoms with Crippen molar-refractivity contribution in [3.63, 3.8) is 0 Å². The standard InChI is InChI=1S/C12H14N2O5/c1-7(10(15)14-12(13)17)19-9-5-3-8(4-6-9)11(16)18-2/h3-7H,1-2H3,(H3,13,14,15,17)/t7-/m0/s1. The maximum absolute atomic E-state index is 11.4. The zero-order chi connectivity index (χ0) is 14.4. The molecular weight excluding hydrogens is 252 g/mol. The Labute approximate surface area is 109 Å². The summed E-state index contributed by atoms with van der Waals surface area (Å²) < 4.78 is 9.82. The minimum absolute atomic E-state index is 0.365. The summed E-state index contributed by atoms with van der Waals surface area (Å²) in [6.07, 6.45) is -0.892. The Balaban J connectivity index is 2.65. The average Bonchev–Trinajstić information content (AvgIpc) is 2.37. The summed E-state index contributed by atoms with van der Waals surface area (Å²) in [5.41, 5.74) is 5.18. The molecule has 7 heteroatoms. The summed E-state index contributed by atoms with van der Waals surface area (Å²) in [6, 6.07) is 5.09. The van der Waals surface area contributed by atoms with Gasteiger partial charge in [0.05, 0.1) is 12.7 Å². The van der Waals surface area contributed by atoms with Crippen molar-refractivity contribution in [1.82, 2.24) is 5.32 Å². The highest BCUT2D eigenvalue weighted by Crippen LogP contribution is 2.14. The minimum atomic E-state index is -0.943. The predicted octanol–water partition coefficient (Wildman–Crippen LogP) is 0.435. The molecule has 1 atom stereocenters. The number of primary amides is 1. The minimum Gasteiger partial charge on any atom is -0.481 e. The van der Waals surface area contributed by atoms with Gasteiger partial charge in [-0.3, -0.25) is 10.1 Å². The zero-order valence-electron chi connectivity index (χ0n) is 10.5. The Morgan fingerprint density at radius 1 is 1.21 bits per heavy atom. The Kier molecular flexibility index (Phi) is 4.87. The molecule has 19 heavy (non-hydrogen) atoms. The van der Waals surface area contributed by atoms with Crippen molar-refractivity contribution in [3.05, 3.63) is 29.8 Å². The van der Waals surface area contributed by atoms with E-state index in [0.717, 1.165) is 0 Å². The number of imide groups is 1. The third kappa shape index (κ3) is 4.30. The van der Waals surface area contributed by atoms with E-state index in [9.17, 15) is 14.4 Å². The summed E-state index contributed by atoms with van der Waals surface area (Å²) in [5.74, 6) is -0.740. The topological polar surface area (TPSA) is 108 Å². The van der Waals surface area contributed by atoms with Gasteiger partial charge in [0, 0.05) is 0 Å². The van der Waals surface area contributed by atoms with Crippen LogP contribution < -0.4 is 15.8 Å². The van der Waals surface area contributed by atoms with Crippen LogP contribution in [0.2, 0.25) is 0 Å². The van der Waals surface area contributed by atoms with E-state index in [1.165, 1.54) is 38.3 Å². The molecule has 0 spiro atoms. The molecule has 0 bridgehead atoms. The van der Waals surface area contributed by atoms with Gasteiger partial charge in [0.2, 0.25) is 0 Å². The highest BCUT2D eigenvalue weighted by atomic mass is 16.5. The van der Waals surface area contributed by atoms with Crippen molar-refractivity contribution >= 4 is 17.9 Å². The van der Waals surface area contributed by atoms with Crippen LogP contribution in [-0.4, -0.2) is 31.1 Å². The van der Waals surface area contributed by atoms with Gasteiger partial charge in [0.1, 0.15) is 5.75 Å². The number of nitrogens with two attached hydrogens (primary N) is 1. The Morgan fingerprint density at radius 2 is 1.79 bits per heavy atom. The second kappa shape index (κ2) is 6.39. The molecule has 0 radical (unpaired) electrons. The summed E-state index contributed by atoms with van der Waals surface area (Å²) in [6.45, 7) is 1.46. The lowest BCUT2D eigenvalue weighted by Gasteiger charge is -2.13. The molecule has 1 aromatic rings. The van der Waals surface area contributed by atoms with Crippen molar-refractivity contribution in [2.45, 2.75) is 13.0 Å². The number of carbonyl (C=O) groups is 3. The lowest BCUT2D eigenvalue weighted by Crippen LogP contribution is -2.42. The predicted molar refractivity (Wildman–Crippen MR) is 65.6 cm³/mol. The van der Waals surface area contributed by atoms with E-state index in [1.807, 2.05) is 5.32 Å². The van der Waals surface area contributed by atoms with Crippen molar-refractivity contribution in [3.8, 4) is 5.75 Å². The molecule has 102 valence electrons. The quantitative estimate of drug-likeness (QED) is 0.768. The van der Waals surface area contributed by atoms with Gasteiger partial charge in [-0.1, -0.05) is 0 Å². The van der Waals surface area contributed by atoms with Crippen molar-refractivity contribution in [2.75, 3.05) is 7.11 Å². The van der Waals surface area contributed by atoms with Crippen molar-refractivity contribution in [2.24, 2.45) is 5.73 Å². The van der Waals surface area contributed by atoms with Gasteiger partial charge < -0.3 is 15.2 Å². The number of urea groups is 1. The van der Waals surface area contributed by atoms with Crippen LogP contribution in [0, 0.1) is 0 Å².